The summed E-state index contributed by atoms with van der Waals surface area (Å²) in [4.78, 5) is 33.1. The first-order chi connectivity index (χ1) is 19.7. The van der Waals surface area contributed by atoms with Crippen LogP contribution in [0.1, 0.15) is 19.4 Å². The predicted molar refractivity (Wildman–Crippen MR) is 147 cm³/mol. The summed E-state index contributed by atoms with van der Waals surface area (Å²) < 4.78 is 92.4. The quantitative estimate of drug-likeness (QED) is 0.253. The fourth-order valence-electron chi connectivity index (χ4n) is 5.84. The number of nitrogens with zero attached hydrogens (tertiary/aromatic N) is 4. The zero-order chi connectivity index (χ0) is 30.7. The Morgan fingerprint density at radius 3 is 2.31 bits per heavy atom. The average Bonchev–Trinajstić information content (AvgIpc) is 3.07. The molecule has 0 N–H and O–H groups in total. The molecule has 1 saturated heterocycles. The molecule has 1 amide bonds. The Morgan fingerprint density at radius 2 is 1.74 bits per heavy atom. The second-order valence-corrected chi connectivity index (χ2v) is 12.7. The summed E-state index contributed by atoms with van der Waals surface area (Å²) >= 11 is 0. The first kappa shape index (κ1) is 30.0. The standard InChI is InChI=1S/C28H28F6N4O3S/c1-14-10-36(11-15(2)38(14)26(39)16(3)29)25-20-7-17(28(32,33)34)8-23-24(20)37(27(40)35-25)12-19(41-4)13-42(23)22-6-5-18(30)9-21(22)31/h5-9,14-15,19,42H,3,10-13H2,1-2,4H3/t14-,15+,19-/m0/s1. The van der Waals surface area contributed by atoms with Crippen LogP contribution in [0.15, 0.2) is 57.3 Å². The van der Waals surface area contributed by atoms with Crippen molar-refractivity contribution in [2.75, 3.05) is 30.9 Å². The number of hydrogen-bond donors (Lipinski definition) is 1. The van der Waals surface area contributed by atoms with Gasteiger partial charge in [-0.1, -0.05) is 6.58 Å². The maximum absolute atomic E-state index is 15.1. The topological polar surface area (TPSA) is 67.7 Å². The summed E-state index contributed by atoms with van der Waals surface area (Å²) in [6, 6.07) is 3.56. The van der Waals surface area contributed by atoms with E-state index in [1.54, 1.807) is 18.7 Å². The summed E-state index contributed by atoms with van der Waals surface area (Å²) in [6.45, 7) is 6.40. The summed E-state index contributed by atoms with van der Waals surface area (Å²) in [6.07, 6.45) is -5.48. The van der Waals surface area contributed by atoms with E-state index in [9.17, 15) is 31.5 Å². The molecule has 3 heterocycles. The molecular weight excluding hydrogens is 586 g/mol. The molecule has 0 saturated carbocycles. The van der Waals surface area contributed by atoms with Gasteiger partial charge in [-0.15, -0.1) is 0 Å². The van der Waals surface area contributed by atoms with Crippen LogP contribution < -0.4 is 10.6 Å². The number of aromatic nitrogens is 2. The molecule has 0 aliphatic carbocycles. The highest BCUT2D eigenvalue weighted by Gasteiger charge is 2.39. The smallest absolute Gasteiger partial charge is 0.379 e. The lowest BCUT2D eigenvalue weighted by atomic mass is 10.1. The predicted octanol–water partition coefficient (Wildman–Crippen LogP) is 5.05. The maximum Gasteiger partial charge on any atom is 0.416 e. The third kappa shape index (κ3) is 5.26. The highest BCUT2D eigenvalue weighted by atomic mass is 32.2. The number of halogens is 6. The van der Waals surface area contributed by atoms with E-state index in [-0.39, 0.29) is 51.9 Å². The molecule has 3 aromatic rings. The highest BCUT2D eigenvalue weighted by Crippen LogP contribution is 2.52. The molecule has 7 nitrogen and oxygen atoms in total. The van der Waals surface area contributed by atoms with Gasteiger partial charge in [0.2, 0.25) is 0 Å². The Balaban J connectivity index is 1.77. The van der Waals surface area contributed by atoms with E-state index in [1.807, 2.05) is 0 Å². The van der Waals surface area contributed by atoms with Gasteiger partial charge in [-0.05, 0) is 38.1 Å². The molecule has 2 aromatic carbocycles. The van der Waals surface area contributed by atoms with Gasteiger partial charge in [-0.3, -0.25) is 9.36 Å². The molecule has 0 radical (unpaired) electrons. The van der Waals surface area contributed by atoms with Crippen molar-refractivity contribution in [3.05, 3.63) is 70.4 Å². The van der Waals surface area contributed by atoms with Gasteiger partial charge >= 0.3 is 11.9 Å². The minimum atomic E-state index is -4.80. The van der Waals surface area contributed by atoms with Crippen LogP contribution in [-0.2, 0) is 22.3 Å². The molecule has 1 unspecified atom stereocenters. The van der Waals surface area contributed by atoms with Crippen LogP contribution in [0, 0.1) is 11.6 Å². The number of carbonyl (C=O) groups excluding carboxylic acids is 1. The van der Waals surface area contributed by atoms with E-state index in [0.717, 1.165) is 18.2 Å². The SMILES string of the molecule is C=C(F)C(=O)N1[C@H](C)CN(c2nc(=O)n3c4c(cc(C(F)(F)F)cc24)[SH](c2ccc(F)cc2F)C[C@@H](OC)C3)C[C@@H]1C. The Hall–Kier alpha value is -3.52. The number of benzene rings is 2. The van der Waals surface area contributed by atoms with Crippen molar-refractivity contribution in [3.63, 3.8) is 0 Å². The molecule has 14 heteroatoms. The van der Waals surface area contributed by atoms with Gasteiger partial charge in [-0.2, -0.15) is 29.1 Å². The second-order valence-electron chi connectivity index (χ2n) is 10.5. The Bertz CT molecular complexity index is 1630. The molecular formula is C28H28F6N4O3S. The Labute approximate surface area is 239 Å². The molecule has 42 heavy (non-hydrogen) atoms. The molecule has 1 aromatic heterocycles. The van der Waals surface area contributed by atoms with Crippen molar-refractivity contribution < 1.29 is 35.9 Å². The lowest BCUT2D eigenvalue weighted by Crippen LogP contribution is -2.59. The normalized spacial score (nSPS) is 23.6. The van der Waals surface area contributed by atoms with Crippen molar-refractivity contribution in [1.29, 1.82) is 0 Å². The van der Waals surface area contributed by atoms with Crippen LogP contribution in [0.2, 0.25) is 0 Å². The number of alkyl halides is 3. The van der Waals surface area contributed by atoms with Crippen LogP contribution in [0.3, 0.4) is 0 Å². The number of rotatable bonds is 4. The van der Waals surface area contributed by atoms with Crippen molar-refractivity contribution in [2.24, 2.45) is 0 Å². The summed E-state index contributed by atoms with van der Waals surface area (Å²) in [7, 11) is -0.515. The summed E-state index contributed by atoms with van der Waals surface area (Å²) in [5, 5.41) is 0.0141. The molecule has 0 spiro atoms. The van der Waals surface area contributed by atoms with Crippen molar-refractivity contribution in [3.8, 4) is 0 Å². The number of carbonyl (C=O) groups is 1. The Kier molecular flexibility index (Phi) is 7.81. The van der Waals surface area contributed by atoms with Crippen LogP contribution in [0.25, 0.3) is 10.9 Å². The monoisotopic (exact) mass is 614 g/mol. The first-order valence-electron chi connectivity index (χ1n) is 13.0. The molecule has 226 valence electrons. The van der Waals surface area contributed by atoms with Crippen molar-refractivity contribution in [1.82, 2.24) is 14.5 Å². The fraction of sp³-hybridized carbons (Fsp3) is 0.393. The van der Waals surface area contributed by atoms with Crippen molar-refractivity contribution in [2.45, 2.75) is 54.5 Å². The minimum absolute atomic E-state index is 0.0141. The lowest BCUT2D eigenvalue weighted by molar-refractivity contribution is -0.137. The van der Waals surface area contributed by atoms with Crippen LogP contribution in [0.4, 0.5) is 32.2 Å². The number of methoxy groups -OCH3 is 1. The molecule has 0 bridgehead atoms. The van der Waals surface area contributed by atoms with Gasteiger partial charge in [0, 0.05) is 59.3 Å². The van der Waals surface area contributed by atoms with E-state index in [1.165, 1.54) is 22.6 Å². The molecule has 1 fully saturated rings. The van der Waals surface area contributed by atoms with Crippen LogP contribution in [-0.4, -0.2) is 64.5 Å². The van der Waals surface area contributed by atoms with Crippen LogP contribution >= 0.6 is 10.9 Å². The summed E-state index contributed by atoms with van der Waals surface area (Å²) in [5.74, 6) is -3.74. The average molecular weight is 615 g/mol. The lowest BCUT2D eigenvalue weighted by Gasteiger charge is -2.44. The molecule has 2 aliphatic heterocycles. The zero-order valence-corrected chi connectivity index (χ0v) is 23.8. The number of ether oxygens (including phenoxy) is 1. The molecule has 2 aliphatic rings. The highest BCUT2D eigenvalue weighted by molar-refractivity contribution is 8.17. The first-order valence-corrected chi connectivity index (χ1v) is 14.6. The van der Waals surface area contributed by atoms with Gasteiger partial charge < -0.3 is 14.5 Å². The largest absolute Gasteiger partial charge is 0.416 e. The maximum atomic E-state index is 15.1. The van der Waals surface area contributed by atoms with Gasteiger partial charge in [0.15, 0.2) is 5.83 Å². The number of amides is 1. The number of piperazine rings is 1. The number of anilines is 1. The van der Waals surface area contributed by atoms with E-state index >= 15 is 4.39 Å². The Morgan fingerprint density at radius 1 is 1.07 bits per heavy atom. The number of thiol groups is 1. The van der Waals surface area contributed by atoms with E-state index in [0.29, 0.717) is 6.07 Å². The van der Waals surface area contributed by atoms with E-state index in [4.69, 9.17) is 4.74 Å². The second kappa shape index (κ2) is 11.0. The summed E-state index contributed by atoms with van der Waals surface area (Å²) in [5.41, 5.74) is -1.61. The third-order valence-electron chi connectivity index (χ3n) is 7.64. The third-order valence-corrected chi connectivity index (χ3v) is 10.3. The van der Waals surface area contributed by atoms with E-state index < -0.39 is 69.9 Å². The fourth-order valence-corrected chi connectivity index (χ4v) is 8.53. The van der Waals surface area contributed by atoms with Crippen molar-refractivity contribution >= 4 is 33.5 Å². The van der Waals surface area contributed by atoms with Crippen LogP contribution in [0.5, 0.6) is 0 Å². The van der Waals surface area contributed by atoms with Gasteiger partial charge in [0.25, 0.3) is 5.91 Å². The molecule has 4 atom stereocenters. The van der Waals surface area contributed by atoms with Gasteiger partial charge in [-0.25, -0.2) is 18.0 Å². The minimum Gasteiger partial charge on any atom is -0.379 e. The zero-order valence-electron chi connectivity index (χ0n) is 22.9. The van der Waals surface area contributed by atoms with Gasteiger partial charge in [0.1, 0.15) is 17.5 Å². The molecule has 5 rings (SSSR count). The van der Waals surface area contributed by atoms with E-state index in [2.05, 4.69) is 11.6 Å². The van der Waals surface area contributed by atoms with Gasteiger partial charge in [0.05, 0.1) is 23.7 Å². The number of hydrogen-bond acceptors (Lipinski definition) is 5.